The third kappa shape index (κ3) is 3.98. The van der Waals surface area contributed by atoms with Crippen LogP contribution in [0.2, 0.25) is 0 Å². The number of H-pyrrole nitrogens is 1. The third-order valence-electron chi connectivity index (χ3n) is 6.87. The number of benzene rings is 3. The number of rotatable bonds is 5. The maximum absolute atomic E-state index is 13.0. The molecule has 1 unspecified atom stereocenters. The highest BCUT2D eigenvalue weighted by Crippen LogP contribution is 2.37. The number of aromatic nitrogens is 2. The van der Waals surface area contributed by atoms with E-state index in [4.69, 9.17) is 14.5 Å². The Labute approximate surface area is 207 Å². The van der Waals surface area contributed by atoms with E-state index in [2.05, 4.69) is 36.2 Å². The summed E-state index contributed by atoms with van der Waals surface area (Å²) in [5.41, 5.74) is 3.03. The molecule has 176 valence electrons. The van der Waals surface area contributed by atoms with Crippen molar-refractivity contribution in [3.63, 3.8) is 0 Å². The quantitative estimate of drug-likeness (QED) is 0.310. The molecule has 2 heterocycles. The fraction of sp³-hybridized carbons (Fsp3) is 0.241. The molecule has 1 aliphatic carbocycles. The first kappa shape index (κ1) is 21.9. The van der Waals surface area contributed by atoms with Crippen LogP contribution >= 0.6 is 11.3 Å². The first-order chi connectivity index (χ1) is 17.1. The molecule has 1 N–H and O–H groups in total. The van der Waals surface area contributed by atoms with Gasteiger partial charge in [-0.1, -0.05) is 49.4 Å². The van der Waals surface area contributed by atoms with Gasteiger partial charge in [0.15, 0.2) is 11.5 Å². The Morgan fingerprint density at radius 1 is 1.09 bits per heavy atom. The topological polar surface area (TPSA) is 64.2 Å². The minimum absolute atomic E-state index is 0.0627. The minimum atomic E-state index is -0.0627. The van der Waals surface area contributed by atoms with Gasteiger partial charge >= 0.3 is 0 Å². The Bertz CT molecular complexity index is 1610. The molecule has 0 radical (unpaired) electrons. The Balaban J connectivity index is 1.31. The molecule has 2 aromatic heterocycles. The monoisotopic (exact) mass is 482 g/mol. The molecule has 5 nitrogen and oxygen atoms in total. The van der Waals surface area contributed by atoms with E-state index in [1.165, 1.54) is 21.2 Å². The van der Waals surface area contributed by atoms with Crippen LogP contribution in [0.5, 0.6) is 11.5 Å². The maximum Gasteiger partial charge on any atom is 0.260 e. The number of nitrogens with zero attached hydrogens (tertiary/aromatic N) is 1. The van der Waals surface area contributed by atoms with Gasteiger partial charge < -0.3 is 14.5 Å². The van der Waals surface area contributed by atoms with Crippen molar-refractivity contribution >= 4 is 32.3 Å². The summed E-state index contributed by atoms with van der Waals surface area (Å²) in [5.74, 6) is 2.45. The van der Waals surface area contributed by atoms with Crippen LogP contribution in [0.3, 0.4) is 0 Å². The lowest BCUT2D eigenvalue weighted by atomic mass is 9.89. The van der Waals surface area contributed by atoms with Crippen LogP contribution in [0.25, 0.3) is 32.4 Å². The van der Waals surface area contributed by atoms with E-state index in [1.807, 2.05) is 36.4 Å². The molecular formula is C29H26N2O3S. The zero-order valence-electron chi connectivity index (χ0n) is 19.8. The number of fused-ring (bicyclic) bond motifs is 4. The summed E-state index contributed by atoms with van der Waals surface area (Å²) in [4.78, 5) is 23.0. The van der Waals surface area contributed by atoms with E-state index >= 15 is 0 Å². The van der Waals surface area contributed by atoms with Crippen molar-refractivity contribution in [1.82, 2.24) is 9.97 Å². The van der Waals surface area contributed by atoms with E-state index in [-0.39, 0.29) is 5.56 Å². The number of methoxy groups -OCH3 is 1. The summed E-state index contributed by atoms with van der Waals surface area (Å²) >= 11 is 1.66. The van der Waals surface area contributed by atoms with Gasteiger partial charge in [0.1, 0.15) is 17.3 Å². The summed E-state index contributed by atoms with van der Waals surface area (Å²) in [6, 6.07) is 20.2. The molecule has 5 aromatic rings. The van der Waals surface area contributed by atoms with Crippen molar-refractivity contribution < 1.29 is 9.47 Å². The highest BCUT2D eigenvalue weighted by atomic mass is 32.1. The summed E-state index contributed by atoms with van der Waals surface area (Å²) in [6.07, 6.45) is 3.11. The zero-order chi connectivity index (χ0) is 23.9. The van der Waals surface area contributed by atoms with Crippen LogP contribution in [-0.2, 0) is 19.4 Å². The van der Waals surface area contributed by atoms with Crippen LogP contribution in [-0.4, -0.2) is 17.1 Å². The number of ether oxygens (including phenoxy) is 2. The van der Waals surface area contributed by atoms with Crippen molar-refractivity contribution in [3.05, 3.63) is 87.0 Å². The lowest BCUT2D eigenvalue weighted by molar-refractivity contribution is 0.286. The maximum atomic E-state index is 13.0. The number of hydrogen-bond acceptors (Lipinski definition) is 5. The minimum Gasteiger partial charge on any atom is -0.493 e. The molecule has 35 heavy (non-hydrogen) atoms. The van der Waals surface area contributed by atoms with Gasteiger partial charge in [0, 0.05) is 10.4 Å². The Morgan fingerprint density at radius 3 is 2.83 bits per heavy atom. The van der Waals surface area contributed by atoms with E-state index in [0.717, 1.165) is 40.6 Å². The van der Waals surface area contributed by atoms with E-state index in [0.29, 0.717) is 29.8 Å². The Kier molecular flexibility index (Phi) is 5.53. The Hall–Kier alpha value is -3.64. The third-order valence-corrected chi connectivity index (χ3v) is 8.01. The van der Waals surface area contributed by atoms with Crippen molar-refractivity contribution in [2.75, 3.05) is 7.11 Å². The van der Waals surface area contributed by atoms with Gasteiger partial charge in [-0.3, -0.25) is 4.79 Å². The molecule has 0 saturated heterocycles. The van der Waals surface area contributed by atoms with Gasteiger partial charge in [-0.15, -0.1) is 11.3 Å². The predicted octanol–water partition coefficient (Wildman–Crippen LogP) is 6.52. The number of aryl methyl sites for hydroxylation is 1. The second-order valence-corrected chi connectivity index (χ2v) is 10.3. The van der Waals surface area contributed by atoms with E-state index in [9.17, 15) is 4.79 Å². The molecular weight excluding hydrogens is 456 g/mol. The number of aromatic amines is 1. The Morgan fingerprint density at radius 2 is 1.94 bits per heavy atom. The second kappa shape index (κ2) is 8.86. The highest BCUT2D eigenvalue weighted by Gasteiger charge is 2.23. The molecule has 0 spiro atoms. The van der Waals surface area contributed by atoms with Gasteiger partial charge in [-0.2, -0.15) is 0 Å². The van der Waals surface area contributed by atoms with Crippen molar-refractivity contribution in [3.8, 4) is 22.9 Å². The summed E-state index contributed by atoms with van der Waals surface area (Å²) in [6.45, 7) is 2.70. The molecule has 1 atom stereocenters. The molecule has 0 aliphatic heterocycles. The number of hydrogen-bond donors (Lipinski definition) is 1. The molecule has 0 saturated carbocycles. The van der Waals surface area contributed by atoms with Crippen LogP contribution in [0.4, 0.5) is 0 Å². The van der Waals surface area contributed by atoms with Gasteiger partial charge in [-0.05, 0) is 65.3 Å². The van der Waals surface area contributed by atoms with E-state index in [1.54, 1.807) is 18.4 Å². The van der Waals surface area contributed by atoms with Gasteiger partial charge in [-0.25, -0.2) is 4.98 Å². The second-order valence-electron chi connectivity index (χ2n) is 9.24. The summed E-state index contributed by atoms with van der Waals surface area (Å²) < 4.78 is 11.8. The molecule has 0 amide bonds. The first-order valence-corrected chi connectivity index (χ1v) is 12.7. The van der Waals surface area contributed by atoms with Gasteiger partial charge in [0.25, 0.3) is 5.56 Å². The fourth-order valence-electron chi connectivity index (χ4n) is 4.99. The van der Waals surface area contributed by atoms with Crippen LogP contribution in [0, 0.1) is 5.92 Å². The molecule has 0 fully saturated rings. The zero-order valence-corrected chi connectivity index (χ0v) is 20.6. The van der Waals surface area contributed by atoms with Crippen LogP contribution < -0.4 is 15.0 Å². The highest BCUT2D eigenvalue weighted by molar-refractivity contribution is 7.18. The van der Waals surface area contributed by atoms with Crippen molar-refractivity contribution in [2.45, 2.75) is 32.8 Å². The standard InChI is InChI=1S/C29H26N2O3S/c1-17-10-12-22-25(14-17)35-29-26(22)28(32)30-27(31-29)19-11-13-23(24(15-19)33-2)34-16-20-8-5-7-18-6-3-4-9-21(18)20/h3-9,11,13,15,17H,10,12,14,16H2,1-2H3,(H,30,31,32). The smallest absolute Gasteiger partial charge is 0.260 e. The first-order valence-electron chi connectivity index (χ1n) is 11.9. The molecule has 1 aliphatic rings. The lowest BCUT2D eigenvalue weighted by Gasteiger charge is -2.17. The van der Waals surface area contributed by atoms with Crippen molar-refractivity contribution in [1.29, 1.82) is 0 Å². The average Bonchev–Trinajstić information content (AvgIpc) is 3.25. The van der Waals surface area contributed by atoms with Gasteiger partial charge in [0.05, 0.1) is 12.5 Å². The number of thiophene rings is 1. The SMILES string of the molecule is COc1cc(-c2nc3sc4c(c3c(=O)[nH]2)CCC(C)C4)ccc1OCc1cccc2ccccc12. The molecule has 3 aromatic carbocycles. The average molecular weight is 483 g/mol. The fourth-order valence-corrected chi connectivity index (χ4v) is 6.38. The lowest BCUT2D eigenvalue weighted by Crippen LogP contribution is -2.13. The molecule has 0 bridgehead atoms. The van der Waals surface area contributed by atoms with Crippen LogP contribution in [0.1, 0.15) is 29.3 Å². The summed E-state index contributed by atoms with van der Waals surface area (Å²) in [5, 5.41) is 3.13. The molecule has 6 heteroatoms. The largest absolute Gasteiger partial charge is 0.493 e. The van der Waals surface area contributed by atoms with Crippen molar-refractivity contribution in [2.24, 2.45) is 5.92 Å². The van der Waals surface area contributed by atoms with Gasteiger partial charge in [0.2, 0.25) is 0 Å². The molecule has 6 rings (SSSR count). The van der Waals surface area contributed by atoms with E-state index < -0.39 is 0 Å². The van der Waals surface area contributed by atoms with Crippen LogP contribution in [0.15, 0.2) is 65.5 Å². The predicted molar refractivity (Wildman–Crippen MR) is 142 cm³/mol. The normalized spacial score (nSPS) is 15.3. The summed E-state index contributed by atoms with van der Waals surface area (Å²) in [7, 11) is 1.62. The number of nitrogens with one attached hydrogen (secondary N) is 1.